The lowest BCUT2D eigenvalue weighted by atomic mass is 9.79. The van der Waals surface area contributed by atoms with Crippen molar-refractivity contribution in [3.63, 3.8) is 0 Å². The second-order valence-corrected chi connectivity index (χ2v) is 7.88. The zero-order chi connectivity index (χ0) is 18.7. The van der Waals surface area contributed by atoms with E-state index in [4.69, 9.17) is 9.47 Å². The number of piperidine rings is 1. The molecule has 0 bridgehead atoms. The number of hydrogen-bond donors (Lipinski definition) is 1. The largest absolute Gasteiger partial charge is 0.383 e. The molecule has 3 heterocycles. The number of amides is 1. The normalized spacial score (nSPS) is 31.0. The topological polar surface area (TPSA) is 62.2 Å². The van der Waals surface area contributed by atoms with Crippen molar-refractivity contribution in [1.29, 1.82) is 0 Å². The number of carbonyl (C=O) groups is 1. The molecule has 0 aliphatic carbocycles. The lowest BCUT2D eigenvalue weighted by molar-refractivity contribution is -0.153. The Morgan fingerprint density at radius 3 is 2.37 bits per heavy atom. The summed E-state index contributed by atoms with van der Waals surface area (Å²) in [4.78, 5) is 17.4. The van der Waals surface area contributed by atoms with Gasteiger partial charge < -0.3 is 19.5 Å². The minimum atomic E-state index is -0.939. The molecule has 1 aromatic carbocycles. The molecule has 2 atom stereocenters. The summed E-state index contributed by atoms with van der Waals surface area (Å²) < 4.78 is 10.9. The second-order valence-electron chi connectivity index (χ2n) is 7.88. The van der Waals surface area contributed by atoms with Crippen molar-refractivity contribution in [3.05, 3.63) is 35.9 Å². The van der Waals surface area contributed by atoms with E-state index in [1.54, 1.807) is 0 Å². The summed E-state index contributed by atoms with van der Waals surface area (Å²) in [6, 6.07) is 9.82. The summed E-state index contributed by atoms with van der Waals surface area (Å²) in [6.07, 6.45) is 2.18. The fourth-order valence-electron chi connectivity index (χ4n) is 4.70. The molecule has 1 aromatic rings. The standard InChI is InChI=1S/C21H30N2O4/c24-20(17-6-12-26-13-7-17)23-9-8-21(25,18-4-2-1-3-5-18)19(16-23)22-10-14-27-15-11-22/h1-5,17,19,25H,6-16H2/t19-,21+/m1/s1. The summed E-state index contributed by atoms with van der Waals surface area (Å²) in [6.45, 7) is 5.45. The van der Waals surface area contributed by atoms with Crippen LogP contribution in [0.25, 0.3) is 0 Å². The Balaban J connectivity index is 1.56. The Bertz CT molecular complexity index is 628. The Labute approximate surface area is 161 Å². The van der Waals surface area contributed by atoms with Gasteiger partial charge in [0.1, 0.15) is 5.60 Å². The molecule has 0 radical (unpaired) electrons. The van der Waals surface area contributed by atoms with E-state index >= 15 is 0 Å². The van der Waals surface area contributed by atoms with Crippen LogP contribution in [0.5, 0.6) is 0 Å². The fourth-order valence-corrected chi connectivity index (χ4v) is 4.70. The Kier molecular flexibility index (Phi) is 5.78. The van der Waals surface area contributed by atoms with Crippen molar-refractivity contribution < 1.29 is 19.4 Å². The average molecular weight is 374 g/mol. The molecule has 27 heavy (non-hydrogen) atoms. The molecule has 6 heteroatoms. The number of ether oxygens (including phenoxy) is 2. The maximum Gasteiger partial charge on any atom is 0.225 e. The van der Waals surface area contributed by atoms with Gasteiger partial charge in [0.2, 0.25) is 5.91 Å². The van der Waals surface area contributed by atoms with E-state index < -0.39 is 5.60 Å². The molecule has 1 amide bonds. The first-order valence-corrected chi connectivity index (χ1v) is 10.1. The van der Waals surface area contributed by atoms with Crippen LogP contribution >= 0.6 is 0 Å². The first-order valence-electron chi connectivity index (χ1n) is 10.1. The number of nitrogens with zero attached hydrogens (tertiary/aromatic N) is 2. The van der Waals surface area contributed by atoms with E-state index in [0.717, 1.165) is 31.5 Å². The van der Waals surface area contributed by atoms with Gasteiger partial charge in [0.05, 0.1) is 19.3 Å². The molecule has 3 aliphatic heterocycles. The highest BCUT2D eigenvalue weighted by molar-refractivity contribution is 5.79. The molecule has 148 valence electrons. The highest BCUT2D eigenvalue weighted by Crippen LogP contribution is 2.37. The SMILES string of the molecule is O=C(C1CCOCC1)N1CC[C@](O)(c2ccccc2)[C@H](N2CCOCC2)C1. The van der Waals surface area contributed by atoms with Crippen LogP contribution in [0.2, 0.25) is 0 Å². The Morgan fingerprint density at radius 2 is 1.67 bits per heavy atom. The third-order valence-corrected chi connectivity index (χ3v) is 6.35. The first kappa shape index (κ1) is 18.9. The minimum absolute atomic E-state index is 0.0620. The lowest BCUT2D eigenvalue weighted by Gasteiger charge is -2.50. The highest BCUT2D eigenvalue weighted by atomic mass is 16.5. The van der Waals surface area contributed by atoms with Gasteiger partial charge in [-0.15, -0.1) is 0 Å². The third kappa shape index (κ3) is 3.90. The summed E-state index contributed by atoms with van der Waals surface area (Å²) in [7, 11) is 0. The number of likely N-dealkylation sites (tertiary alicyclic amines) is 1. The predicted molar refractivity (Wildman–Crippen MR) is 101 cm³/mol. The number of hydrogen-bond acceptors (Lipinski definition) is 5. The van der Waals surface area contributed by atoms with Gasteiger partial charge in [-0.25, -0.2) is 0 Å². The smallest absolute Gasteiger partial charge is 0.225 e. The number of aliphatic hydroxyl groups is 1. The predicted octanol–water partition coefficient (Wildman–Crippen LogP) is 1.23. The monoisotopic (exact) mass is 374 g/mol. The molecule has 3 saturated heterocycles. The molecule has 0 unspecified atom stereocenters. The lowest BCUT2D eigenvalue weighted by Crippen LogP contribution is -2.63. The first-order chi connectivity index (χ1) is 13.2. The fraction of sp³-hybridized carbons (Fsp3) is 0.667. The van der Waals surface area contributed by atoms with E-state index in [1.807, 2.05) is 35.2 Å². The van der Waals surface area contributed by atoms with Crippen LogP contribution in [-0.2, 0) is 19.9 Å². The molecular formula is C21H30N2O4. The van der Waals surface area contributed by atoms with E-state index in [9.17, 15) is 9.90 Å². The molecule has 3 aliphatic rings. The van der Waals surface area contributed by atoms with Crippen molar-refractivity contribution in [2.75, 3.05) is 52.6 Å². The van der Waals surface area contributed by atoms with Crippen molar-refractivity contribution in [2.45, 2.75) is 30.9 Å². The second kappa shape index (κ2) is 8.27. The molecule has 0 aromatic heterocycles. The van der Waals surface area contributed by atoms with Gasteiger partial charge in [-0.1, -0.05) is 30.3 Å². The van der Waals surface area contributed by atoms with Crippen molar-refractivity contribution in [2.24, 2.45) is 5.92 Å². The summed E-state index contributed by atoms with van der Waals surface area (Å²) in [5.41, 5.74) is 0.00470. The van der Waals surface area contributed by atoms with Gasteiger partial charge in [-0.05, 0) is 24.8 Å². The van der Waals surface area contributed by atoms with Gasteiger partial charge in [0, 0.05) is 45.3 Å². The highest BCUT2D eigenvalue weighted by Gasteiger charge is 2.47. The van der Waals surface area contributed by atoms with E-state index in [-0.39, 0.29) is 17.9 Å². The van der Waals surface area contributed by atoms with Gasteiger partial charge in [-0.3, -0.25) is 9.69 Å². The van der Waals surface area contributed by atoms with Gasteiger partial charge >= 0.3 is 0 Å². The van der Waals surface area contributed by atoms with Crippen LogP contribution in [0, 0.1) is 5.92 Å². The van der Waals surface area contributed by atoms with Crippen LogP contribution in [0.3, 0.4) is 0 Å². The summed E-state index contributed by atoms with van der Waals surface area (Å²) in [5, 5.41) is 11.7. The summed E-state index contributed by atoms with van der Waals surface area (Å²) in [5.74, 6) is 0.290. The number of rotatable bonds is 3. The summed E-state index contributed by atoms with van der Waals surface area (Å²) >= 11 is 0. The number of carbonyl (C=O) groups excluding carboxylic acids is 1. The van der Waals surface area contributed by atoms with Crippen LogP contribution < -0.4 is 0 Å². The molecular weight excluding hydrogens is 344 g/mol. The van der Waals surface area contributed by atoms with Crippen LogP contribution in [0.1, 0.15) is 24.8 Å². The van der Waals surface area contributed by atoms with E-state index in [2.05, 4.69) is 4.90 Å². The molecule has 4 rings (SSSR count). The van der Waals surface area contributed by atoms with Gasteiger partial charge in [0.15, 0.2) is 0 Å². The van der Waals surface area contributed by atoms with E-state index in [1.165, 1.54) is 0 Å². The maximum absolute atomic E-state index is 13.1. The van der Waals surface area contributed by atoms with Gasteiger partial charge in [0.25, 0.3) is 0 Å². The zero-order valence-corrected chi connectivity index (χ0v) is 15.9. The van der Waals surface area contributed by atoms with Crippen molar-refractivity contribution in [3.8, 4) is 0 Å². The van der Waals surface area contributed by atoms with Crippen molar-refractivity contribution >= 4 is 5.91 Å². The number of benzene rings is 1. The van der Waals surface area contributed by atoms with Gasteiger partial charge in [-0.2, -0.15) is 0 Å². The van der Waals surface area contributed by atoms with Crippen LogP contribution in [0.15, 0.2) is 30.3 Å². The number of morpholine rings is 1. The zero-order valence-electron chi connectivity index (χ0n) is 15.9. The Morgan fingerprint density at radius 1 is 1.00 bits per heavy atom. The van der Waals surface area contributed by atoms with Crippen molar-refractivity contribution in [1.82, 2.24) is 9.80 Å². The molecule has 0 saturated carbocycles. The van der Waals surface area contributed by atoms with E-state index in [0.29, 0.717) is 45.9 Å². The molecule has 3 fully saturated rings. The third-order valence-electron chi connectivity index (χ3n) is 6.35. The quantitative estimate of drug-likeness (QED) is 0.862. The maximum atomic E-state index is 13.1. The average Bonchev–Trinajstić information content (AvgIpc) is 2.75. The minimum Gasteiger partial charge on any atom is -0.383 e. The molecule has 6 nitrogen and oxygen atoms in total. The van der Waals surface area contributed by atoms with Crippen LogP contribution in [-0.4, -0.2) is 79.5 Å². The molecule has 1 N–H and O–H groups in total. The molecule has 0 spiro atoms. The van der Waals surface area contributed by atoms with Crippen LogP contribution in [0.4, 0.5) is 0 Å². The Hall–Kier alpha value is -1.47.